The molecule has 8 nitrogen and oxygen atoms in total. The summed E-state index contributed by atoms with van der Waals surface area (Å²) < 4.78 is 10.8. The molecular formula is C14H20N4O4. The molecule has 2 aliphatic rings. The number of nitrogens with one attached hydrogen (secondary N) is 1. The topological polar surface area (TPSA) is 97.6 Å². The number of nitrogens with zero attached hydrogens (tertiary/aromatic N) is 3. The van der Waals surface area contributed by atoms with Crippen LogP contribution >= 0.6 is 0 Å². The van der Waals surface area contributed by atoms with Gasteiger partial charge in [-0.05, 0) is 26.7 Å². The molecule has 1 atom stereocenters. The summed E-state index contributed by atoms with van der Waals surface area (Å²) in [6.07, 6.45) is 1.55. The molecule has 2 fully saturated rings. The van der Waals surface area contributed by atoms with Crippen LogP contribution in [-0.2, 0) is 20.7 Å². The molecule has 1 aromatic heterocycles. The van der Waals surface area contributed by atoms with Crippen molar-refractivity contribution in [2.24, 2.45) is 0 Å². The summed E-state index contributed by atoms with van der Waals surface area (Å²) in [7, 11) is 0. The fourth-order valence-electron chi connectivity index (χ4n) is 3.11. The molecule has 1 unspecified atom stereocenters. The normalized spacial score (nSPS) is 24.4. The van der Waals surface area contributed by atoms with Crippen molar-refractivity contribution in [2.75, 3.05) is 19.7 Å². The number of hydrogen-bond donors (Lipinski definition) is 1. The Morgan fingerprint density at radius 3 is 2.77 bits per heavy atom. The molecule has 3 rings (SSSR count). The second-order valence-corrected chi connectivity index (χ2v) is 5.94. The molecule has 120 valence electrons. The standard InChI is InChI=1S/C14H20N4O4/c1-9-14(21-8-11(19)15-9)3-5-18(6-4-14)13(20)7-12-16-10(2)17-22-12/h9H,3-8H2,1-2H3,(H,15,19). The highest BCUT2D eigenvalue weighted by molar-refractivity contribution is 5.79. The van der Waals surface area contributed by atoms with E-state index in [1.165, 1.54) is 0 Å². The average molecular weight is 308 g/mol. The summed E-state index contributed by atoms with van der Waals surface area (Å²) >= 11 is 0. The summed E-state index contributed by atoms with van der Waals surface area (Å²) in [5.41, 5.74) is -0.355. The lowest BCUT2D eigenvalue weighted by atomic mass is 9.83. The minimum absolute atomic E-state index is 0.0222. The van der Waals surface area contributed by atoms with Crippen LogP contribution in [0.1, 0.15) is 31.5 Å². The first kappa shape index (κ1) is 15.0. The number of carbonyl (C=O) groups excluding carboxylic acids is 2. The summed E-state index contributed by atoms with van der Waals surface area (Å²) in [4.78, 5) is 29.5. The van der Waals surface area contributed by atoms with Crippen LogP contribution in [0.25, 0.3) is 0 Å². The summed E-state index contributed by atoms with van der Waals surface area (Å²) in [6.45, 7) is 4.98. The van der Waals surface area contributed by atoms with Crippen LogP contribution < -0.4 is 5.32 Å². The van der Waals surface area contributed by atoms with Gasteiger partial charge in [0.1, 0.15) is 13.0 Å². The number of rotatable bonds is 2. The van der Waals surface area contributed by atoms with Gasteiger partial charge < -0.3 is 19.5 Å². The number of aromatic nitrogens is 2. The van der Waals surface area contributed by atoms with Gasteiger partial charge in [0.15, 0.2) is 5.82 Å². The second-order valence-electron chi connectivity index (χ2n) is 5.94. The Morgan fingerprint density at radius 2 is 2.18 bits per heavy atom. The van der Waals surface area contributed by atoms with Gasteiger partial charge in [0.05, 0.1) is 11.6 Å². The highest BCUT2D eigenvalue weighted by Gasteiger charge is 2.44. The number of piperidine rings is 1. The number of ether oxygens (including phenoxy) is 1. The SMILES string of the molecule is Cc1noc(CC(=O)N2CCC3(CC2)OCC(=O)NC3C)n1. The van der Waals surface area contributed by atoms with Gasteiger partial charge in [-0.15, -0.1) is 0 Å². The van der Waals surface area contributed by atoms with E-state index in [0.717, 1.165) is 0 Å². The maximum absolute atomic E-state index is 12.3. The smallest absolute Gasteiger partial charge is 0.246 e. The Morgan fingerprint density at radius 1 is 1.45 bits per heavy atom. The lowest BCUT2D eigenvalue weighted by Gasteiger charge is -2.47. The zero-order valence-corrected chi connectivity index (χ0v) is 12.8. The number of aryl methyl sites for hydroxylation is 1. The minimum Gasteiger partial charge on any atom is -0.363 e. The molecular weight excluding hydrogens is 288 g/mol. The highest BCUT2D eigenvalue weighted by Crippen LogP contribution is 2.32. The van der Waals surface area contributed by atoms with Gasteiger partial charge in [0, 0.05) is 13.1 Å². The molecule has 0 aromatic carbocycles. The zero-order valence-electron chi connectivity index (χ0n) is 12.8. The maximum atomic E-state index is 12.3. The zero-order chi connectivity index (χ0) is 15.7. The van der Waals surface area contributed by atoms with Crippen molar-refractivity contribution >= 4 is 11.8 Å². The van der Waals surface area contributed by atoms with Crippen molar-refractivity contribution in [3.05, 3.63) is 11.7 Å². The van der Waals surface area contributed by atoms with E-state index in [0.29, 0.717) is 37.6 Å². The van der Waals surface area contributed by atoms with Gasteiger partial charge in [-0.25, -0.2) is 0 Å². The monoisotopic (exact) mass is 308 g/mol. The van der Waals surface area contributed by atoms with E-state index in [4.69, 9.17) is 9.26 Å². The van der Waals surface area contributed by atoms with Gasteiger partial charge in [-0.2, -0.15) is 4.98 Å². The first-order valence-corrected chi connectivity index (χ1v) is 7.49. The number of amides is 2. The Bertz CT molecular complexity index is 577. The quantitative estimate of drug-likeness (QED) is 0.814. The van der Waals surface area contributed by atoms with E-state index < -0.39 is 0 Å². The first-order chi connectivity index (χ1) is 10.5. The van der Waals surface area contributed by atoms with Crippen LogP contribution in [0.2, 0.25) is 0 Å². The summed E-state index contributed by atoms with van der Waals surface area (Å²) in [5.74, 6) is 0.771. The van der Waals surface area contributed by atoms with E-state index >= 15 is 0 Å². The maximum Gasteiger partial charge on any atom is 0.246 e. The summed E-state index contributed by atoms with van der Waals surface area (Å²) in [6, 6.07) is -0.0374. The molecule has 0 aliphatic carbocycles. The van der Waals surface area contributed by atoms with Crippen molar-refractivity contribution in [3.63, 3.8) is 0 Å². The van der Waals surface area contributed by atoms with Crippen molar-refractivity contribution in [1.82, 2.24) is 20.4 Å². The average Bonchev–Trinajstić information content (AvgIpc) is 2.89. The molecule has 22 heavy (non-hydrogen) atoms. The molecule has 1 spiro atoms. The predicted molar refractivity (Wildman–Crippen MR) is 74.8 cm³/mol. The van der Waals surface area contributed by atoms with E-state index in [1.54, 1.807) is 11.8 Å². The molecule has 3 heterocycles. The Balaban J connectivity index is 1.57. The van der Waals surface area contributed by atoms with Crippen LogP contribution in [0, 0.1) is 6.92 Å². The van der Waals surface area contributed by atoms with E-state index in [2.05, 4.69) is 15.5 Å². The van der Waals surface area contributed by atoms with Crippen LogP contribution in [0.4, 0.5) is 0 Å². The fraction of sp³-hybridized carbons (Fsp3) is 0.714. The summed E-state index contributed by atoms with van der Waals surface area (Å²) in [5, 5.41) is 6.61. The largest absolute Gasteiger partial charge is 0.363 e. The van der Waals surface area contributed by atoms with Crippen LogP contribution in [0.15, 0.2) is 4.52 Å². The van der Waals surface area contributed by atoms with Gasteiger partial charge >= 0.3 is 0 Å². The second kappa shape index (κ2) is 5.68. The van der Waals surface area contributed by atoms with E-state index in [-0.39, 0.29) is 36.5 Å². The Labute approximate surface area is 128 Å². The molecule has 2 amide bonds. The van der Waals surface area contributed by atoms with Gasteiger partial charge in [-0.1, -0.05) is 5.16 Å². The molecule has 0 saturated carbocycles. The number of likely N-dealkylation sites (tertiary alicyclic amines) is 1. The molecule has 8 heteroatoms. The van der Waals surface area contributed by atoms with Crippen molar-refractivity contribution in [2.45, 2.75) is 44.8 Å². The van der Waals surface area contributed by atoms with Gasteiger partial charge in [0.2, 0.25) is 17.7 Å². The highest BCUT2D eigenvalue weighted by atomic mass is 16.5. The Kier molecular flexibility index (Phi) is 3.86. The lowest BCUT2D eigenvalue weighted by Crippen LogP contribution is -2.63. The van der Waals surface area contributed by atoms with Gasteiger partial charge in [-0.3, -0.25) is 9.59 Å². The number of hydrogen-bond acceptors (Lipinski definition) is 6. The molecule has 0 bridgehead atoms. The number of morpholine rings is 1. The molecule has 2 aliphatic heterocycles. The molecule has 1 N–H and O–H groups in total. The third-order valence-electron chi connectivity index (χ3n) is 4.49. The van der Waals surface area contributed by atoms with Crippen molar-refractivity contribution in [1.29, 1.82) is 0 Å². The van der Waals surface area contributed by atoms with Gasteiger partial charge in [0.25, 0.3) is 0 Å². The first-order valence-electron chi connectivity index (χ1n) is 7.49. The molecule has 0 radical (unpaired) electrons. The van der Waals surface area contributed by atoms with Crippen molar-refractivity contribution < 1.29 is 18.8 Å². The van der Waals surface area contributed by atoms with Crippen LogP contribution in [0.5, 0.6) is 0 Å². The molecule has 2 saturated heterocycles. The molecule has 1 aromatic rings. The number of carbonyl (C=O) groups is 2. The third-order valence-corrected chi connectivity index (χ3v) is 4.49. The van der Waals surface area contributed by atoms with Crippen molar-refractivity contribution in [3.8, 4) is 0 Å². The third kappa shape index (κ3) is 2.83. The van der Waals surface area contributed by atoms with E-state index in [9.17, 15) is 9.59 Å². The van der Waals surface area contributed by atoms with E-state index in [1.807, 2.05) is 6.92 Å². The van der Waals surface area contributed by atoms with Crippen LogP contribution in [-0.4, -0.2) is 58.2 Å². The van der Waals surface area contributed by atoms with Crippen LogP contribution in [0.3, 0.4) is 0 Å². The fourth-order valence-corrected chi connectivity index (χ4v) is 3.11. The minimum atomic E-state index is -0.355. The Hall–Kier alpha value is -1.96. The lowest BCUT2D eigenvalue weighted by molar-refractivity contribution is -0.163. The predicted octanol–water partition coefficient (Wildman–Crippen LogP) is -0.183.